The Bertz CT molecular complexity index is 433. The van der Waals surface area contributed by atoms with Crippen molar-refractivity contribution < 1.29 is 4.74 Å². The molecule has 2 unspecified atom stereocenters. The van der Waals surface area contributed by atoms with Crippen LogP contribution < -0.4 is 10.1 Å². The molecular weight excluding hydrogens is 248 g/mol. The van der Waals surface area contributed by atoms with Crippen LogP contribution in [0, 0.1) is 6.92 Å². The van der Waals surface area contributed by atoms with Gasteiger partial charge in [0.15, 0.2) is 0 Å². The van der Waals surface area contributed by atoms with Crippen molar-refractivity contribution in [3.05, 3.63) is 29.3 Å². The summed E-state index contributed by atoms with van der Waals surface area (Å²) in [5.74, 6) is 0.986. The molecule has 1 saturated heterocycles. The molecule has 0 aromatic heterocycles. The van der Waals surface area contributed by atoms with E-state index in [4.69, 9.17) is 4.74 Å². The molecule has 0 amide bonds. The van der Waals surface area contributed by atoms with Gasteiger partial charge in [0.05, 0.1) is 7.11 Å². The van der Waals surface area contributed by atoms with Crippen molar-refractivity contribution in [3.63, 3.8) is 0 Å². The fraction of sp³-hybridized carbons (Fsp3) is 0.647. The molecule has 0 aliphatic carbocycles. The number of hydrogen-bond acceptors (Lipinski definition) is 3. The summed E-state index contributed by atoms with van der Waals surface area (Å²) in [5.41, 5.74) is 2.56. The molecule has 2 rings (SSSR count). The van der Waals surface area contributed by atoms with E-state index in [9.17, 15) is 0 Å². The van der Waals surface area contributed by atoms with Crippen LogP contribution in [0.2, 0.25) is 0 Å². The van der Waals surface area contributed by atoms with Gasteiger partial charge in [0.2, 0.25) is 0 Å². The first-order chi connectivity index (χ1) is 9.65. The van der Waals surface area contributed by atoms with Crippen molar-refractivity contribution in [2.75, 3.05) is 27.2 Å². The molecular formula is C17H28N2O. The second-order valence-electron chi connectivity index (χ2n) is 5.93. The third-order valence-electron chi connectivity index (χ3n) is 4.47. The summed E-state index contributed by atoms with van der Waals surface area (Å²) in [6, 6.07) is 7.45. The summed E-state index contributed by atoms with van der Waals surface area (Å²) in [4.78, 5) is 2.60. The van der Waals surface area contributed by atoms with E-state index in [2.05, 4.69) is 42.3 Å². The zero-order chi connectivity index (χ0) is 14.5. The maximum absolute atomic E-state index is 5.54. The minimum atomic E-state index is 0.324. The van der Waals surface area contributed by atoms with E-state index in [0.29, 0.717) is 12.1 Å². The molecule has 1 aliphatic heterocycles. The lowest BCUT2D eigenvalue weighted by atomic mass is 9.99. The van der Waals surface area contributed by atoms with E-state index in [1.807, 2.05) is 7.05 Å². The molecule has 0 saturated carbocycles. The summed E-state index contributed by atoms with van der Waals surface area (Å²) >= 11 is 0. The van der Waals surface area contributed by atoms with Crippen LogP contribution in [-0.4, -0.2) is 38.2 Å². The number of hydrogen-bond donors (Lipinski definition) is 1. The van der Waals surface area contributed by atoms with E-state index in [1.54, 1.807) is 7.11 Å². The van der Waals surface area contributed by atoms with Gasteiger partial charge in [0, 0.05) is 24.2 Å². The summed E-state index contributed by atoms with van der Waals surface area (Å²) in [6.07, 6.45) is 4.02. The molecule has 3 heteroatoms. The largest absolute Gasteiger partial charge is 0.496 e. The molecule has 1 heterocycles. The van der Waals surface area contributed by atoms with Gasteiger partial charge in [-0.1, -0.05) is 24.1 Å². The van der Waals surface area contributed by atoms with E-state index < -0.39 is 0 Å². The number of likely N-dealkylation sites (N-methyl/N-ethyl adjacent to an activating group) is 1. The Kier molecular flexibility index (Phi) is 5.44. The number of benzene rings is 1. The smallest absolute Gasteiger partial charge is 0.123 e. The molecule has 0 spiro atoms. The fourth-order valence-corrected chi connectivity index (χ4v) is 3.13. The van der Waals surface area contributed by atoms with Crippen molar-refractivity contribution in [3.8, 4) is 5.75 Å². The van der Waals surface area contributed by atoms with Gasteiger partial charge in [-0.3, -0.25) is 4.90 Å². The highest BCUT2D eigenvalue weighted by Gasteiger charge is 2.23. The second-order valence-corrected chi connectivity index (χ2v) is 5.93. The minimum absolute atomic E-state index is 0.324. The van der Waals surface area contributed by atoms with Gasteiger partial charge in [-0.2, -0.15) is 0 Å². The minimum Gasteiger partial charge on any atom is -0.496 e. The van der Waals surface area contributed by atoms with E-state index in [1.165, 1.54) is 36.9 Å². The van der Waals surface area contributed by atoms with Gasteiger partial charge in [-0.05, 0) is 46.3 Å². The summed E-state index contributed by atoms with van der Waals surface area (Å²) in [5, 5.41) is 3.47. The van der Waals surface area contributed by atoms with Crippen molar-refractivity contribution in [2.45, 2.75) is 45.2 Å². The number of aryl methyl sites for hydroxylation is 1. The van der Waals surface area contributed by atoms with Crippen LogP contribution in [0.15, 0.2) is 18.2 Å². The maximum atomic E-state index is 5.54. The Balaban J connectivity index is 2.17. The van der Waals surface area contributed by atoms with Crippen LogP contribution in [0.3, 0.4) is 0 Å². The quantitative estimate of drug-likeness (QED) is 0.894. The molecule has 1 aromatic carbocycles. The number of rotatable bonds is 5. The molecule has 2 atom stereocenters. The predicted molar refractivity (Wildman–Crippen MR) is 84.4 cm³/mol. The van der Waals surface area contributed by atoms with Gasteiger partial charge >= 0.3 is 0 Å². The zero-order valence-corrected chi connectivity index (χ0v) is 13.3. The zero-order valence-electron chi connectivity index (χ0n) is 13.3. The average Bonchev–Trinajstić information content (AvgIpc) is 2.46. The third kappa shape index (κ3) is 3.53. The summed E-state index contributed by atoms with van der Waals surface area (Å²) in [6.45, 7) is 6.75. The molecule has 112 valence electrons. The molecule has 1 aromatic rings. The topological polar surface area (TPSA) is 24.5 Å². The highest BCUT2D eigenvalue weighted by Crippen LogP contribution is 2.28. The van der Waals surface area contributed by atoms with Crippen molar-refractivity contribution in [1.29, 1.82) is 0 Å². The summed E-state index contributed by atoms with van der Waals surface area (Å²) < 4.78 is 5.54. The molecule has 0 bridgehead atoms. The van der Waals surface area contributed by atoms with Gasteiger partial charge in [-0.15, -0.1) is 0 Å². The lowest BCUT2D eigenvalue weighted by Crippen LogP contribution is -2.42. The van der Waals surface area contributed by atoms with Crippen LogP contribution in [0.1, 0.15) is 43.4 Å². The van der Waals surface area contributed by atoms with Crippen LogP contribution in [-0.2, 0) is 0 Å². The predicted octanol–water partition coefficient (Wildman–Crippen LogP) is 3.14. The van der Waals surface area contributed by atoms with Crippen molar-refractivity contribution in [1.82, 2.24) is 10.2 Å². The Morgan fingerprint density at radius 1 is 1.40 bits per heavy atom. The van der Waals surface area contributed by atoms with Gasteiger partial charge < -0.3 is 10.1 Å². The molecule has 1 fully saturated rings. The number of methoxy groups -OCH3 is 1. The van der Waals surface area contributed by atoms with Crippen LogP contribution in [0.5, 0.6) is 5.75 Å². The lowest BCUT2D eigenvalue weighted by Gasteiger charge is -2.36. The number of piperidine rings is 1. The Morgan fingerprint density at radius 3 is 2.85 bits per heavy atom. The Labute approximate surface area is 123 Å². The Morgan fingerprint density at radius 2 is 2.20 bits per heavy atom. The number of likely N-dealkylation sites (tertiary alicyclic amines) is 1. The third-order valence-corrected chi connectivity index (χ3v) is 4.47. The van der Waals surface area contributed by atoms with E-state index in [0.717, 1.165) is 12.3 Å². The SMILES string of the molecule is CNC(CN1CCCCC1C)c1cc(C)ccc1OC. The molecule has 0 radical (unpaired) electrons. The Hall–Kier alpha value is -1.06. The molecule has 1 aliphatic rings. The molecule has 1 N–H and O–H groups in total. The molecule has 3 nitrogen and oxygen atoms in total. The monoisotopic (exact) mass is 276 g/mol. The van der Waals surface area contributed by atoms with Crippen molar-refractivity contribution in [2.24, 2.45) is 0 Å². The van der Waals surface area contributed by atoms with E-state index in [-0.39, 0.29) is 0 Å². The fourth-order valence-electron chi connectivity index (χ4n) is 3.13. The highest BCUT2D eigenvalue weighted by molar-refractivity contribution is 5.39. The average molecular weight is 276 g/mol. The molecule has 20 heavy (non-hydrogen) atoms. The van der Waals surface area contributed by atoms with Crippen LogP contribution in [0.25, 0.3) is 0 Å². The number of nitrogens with zero attached hydrogens (tertiary/aromatic N) is 1. The van der Waals surface area contributed by atoms with Gasteiger partial charge in [0.1, 0.15) is 5.75 Å². The first kappa shape index (κ1) is 15.3. The van der Waals surface area contributed by atoms with Crippen LogP contribution >= 0.6 is 0 Å². The first-order valence-corrected chi connectivity index (χ1v) is 7.71. The van der Waals surface area contributed by atoms with Crippen LogP contribution in [0.4, 0.5) is 0 Å². The first-order valence-electron chi connectivity index (χ1n) is 7.71. The van der Waals surface area contributed by atoms with Gasteiger partial charge in [0.25, 0.3) is 0 Å². The standard InChI is InChI=1S/C17H28N2O/c1-13-8-9-17(20-4)15(11-13)16(18-3)12-19-10-6-5-7-14(19)2/h8-9,11,14,16,18H,5-7,10,12H2,1-4H3. The number of ether oxygens (including phenoxy) is 1. The van der Waals surface area contributed by atoms with Gasteiger partial charge in [-0.25, -0.2) is 0 Å². The number of nitrogens with one attached hydrogen (secondary N) is 1. The lowest BCUT2D eigenvalue weighted by molar-refractivity contribution is 0.145. The van der Waals surface area contributed by atoms with E-state index >= 15 is 0 Å². The van der Waals surface area contributed by atoms with Crippen molar-refractivity contribution >= 4 is 0 Å². The maximum Gasteiger partial charge on any atom is 0.123 e. The normalized spacial score (nSPS) is 21.7. The highest BCUT2D eigenvalue weighted by atomic mass is 16.5. The second kappa shape index (κ2) is 7.09. The summed E-state index contributed by atoms with van der Waals surface area (Å²) in [7, 11) is 3.80.